The van der Waals surface area contributed by atoms with E-state index in [1.807, 2.05) is 13.8 Å². The standard InChI is InChI=1S/C14H18N4O2/c1-4-20-12-6-5-10(8-11(12)15)14(19)16-13-7-9(2)17-18(13)3/h5-8H,4,15H2,1-3H3,(H,16,19). The van der Waals surface area contributed by atoms with E-state index in [0.717, 1.165) is 5.69 Å². The summed E-state index contributed by atoms with van der Waals surface area (Å²) in [6.07, 6.45) is 0. The predicted octanol–water partition coefficient (Wildman–Crippen LogP) is 1.96. The molecule has 20 heavy (non-hydrogen) atoms. The fourth-order valence-electron chi connectivity index (χ4n) is 1.89. The van der Waals surface area contributed by atoms with Crippen molar-refractivity contribution in [2.24, 2.45) is 7.05 Å². The SMILES string of the molecule is CCOc1ccc(C(=O)Nc2cc(C)nn2C)cc1N. The molecule has 3 N–H and O–H groups in total. The first kappa shape index (κ1) is 13.9. The van der Waals surface area contributed by atoms with Crippen LogP contribution in [0.3, 0.4) is 0 Å². The summed E-state index contributed by atoms with van der Waals surface area (Å²) in [5.74, 6) is 0.989. The largest absolute Gasteiger partial charge is 0.492 e. The average Bonchev–Trinajstić information content (AvgIpc) is 2.70. The first-order valence-electron chi connectivity index (χ1n) is 6.35. The van der Waals surface area contributed by atoms with Gasteiger partial charge in [-0.1, -0.05) is 0 Å². The number of benzene rings is 1. The highest BCUT2D eigenvalue weighted by Crippen LogP contribution is 2.23. The van der Waals surface area contributed by atoms with Crippen LogP contribution in [0.1, 0.15) is 23.0 Å². The van der Waals surface area contributed by atoms with Crippen LogP contribution in [-0.2, 0) is 7.05 Å². The summed E-state index contributed by atoms with van der Waals surface area (Å²) in [6.45, 7) is 4.28. The van der Waals surface area contributed by atoms with Crippen LogP contribution in [0.25, 0.3) is 0 Å². The zero-order valence-electron chi connectivity index (χ0n) is 11.8. The van der Waals surface area contributed by atoms with Gasteiger partial charge in [-0.2, -0.15) is 5.10 Å². The number of aryl methyl sites for hydroxylation is 2. The molecular formula is C14H18N4O2. The number of nitrogen functional groups attached to an aromatic ring is 1. The Morgan fingerprint density at radius 3 is 2.75 bits per heavy atom. The Bertz CT molecular complexity index is 634. The third-order valence-electron chi connectivity index (χ3n) is 2.82. The van der Waals surface area contributed by atoms with Crippen molar-refractivity contribution in [3.63, 3.8) is 0 Å². The fourth-order valence-corrected chi connectivity index (χ4v) is 1.89. The van der Waals surface area contributed by atoms with E-state index in [1.165, 1.54) is 0 Å². The quantitative estimate of drug-likeness (QED) is 0.835. The number of hydrogen-bond acceptors (Lipinski definition) is 4. The lowest BCUT2D eigenvalue weighted by atomic mass is 10.1. The zero-order chi connectivity index (χ0) is 14.7. The maximum atomic E-state index is 12.1. The summed E-state index contributed by atoms with van der Waals surface area (Å²) in [5.41, 5.74) is 7.61. The second-order valence-corrected chi connectivity index (χ2v) is 4.43. The molecule has 0 radical (unpaired) electrons. The Morgan fingerprint density at radius 2 is 2.20 bits per heavy atom. The lowest BCUT2D eigenvalue weighted by molar-refractivity contribution is 0.102. The van der Waals surface area contributed by atoms with Gasteiger partial charge in [0.15, 0.2) is 0 Å². The molecule has 0 aliphatic heterocycles. The van der Waals surface area contributed by atoms with Gasteiger partial charge in [-0.3, -0.25) is 9.48 Å². The van der Waals surface area contributed by atoms with Gasteiger partial charge in [-0.05, 0) is 32.0 Å². The topological polar surface area (TPSA) is 82.2 Å². The van der Waals surface area contributed by atoms with Crippen LogP contribution >= 0.6 is 0 Å². The third-order valence-corrected chi connectivity index (χ3v) is 2.82. The van der Waals surface area contributed by atoms with Crippen molar-refractivity contribution in [1.29, 1.82) is 0 Å². The van der Waals surface area contributed by atoms with Gasteiger partial charge in [-0.25, -0.2) is 0 Å². The number of nitrogens with zero attached hydrogens (tertiary/aromatic N) is 2. The van der Waals surface area contributed by atoms with Gasteiger partial charge in [0.25, 0.3) is 5.91 Å². The summed E-state index contributed by atoms with van der Waals surface area (Å²) in [6, 6.07) is 6.78. The molecule has 2 aromatic rings. The molecular weight excluding hydrogens is 256 g/mol. The summed E-state index contributed by atoms with van der Waals surface area (Å²) in [7, 11) is 1.77. The molecule has 0 saturated carbocycles. The fraction of sp³-hybridized carbons (Fsp3) is 0.286. The van der Waals surface area contributed by atoms with Gasteiger partial charge in [0.1, 0.15) is 11.6 Å². The van der Waals surface area contributed by atoms with E-state index < -0.39 is 0 Å². The van der Waals surface area contributed by atoms with Gasteiger partial charge < -0.3 is 15.8 Å². The van der Waals surface area contributed by atoms with Crippen molar-refractivity contribution in [3.05, 3.63) is 35.5 Å². The van der Waals surface area contributed by atoms with E-state index in [2.05, 4.69) is 10.4 Å². The highest BCUT2D eigenvalue weighted by Gasteiger charge is 2.11. The van der Waals surface area contributed by atoms with Crippen molar-refractivity contribution in [3.8, 4) is 5.75 Å². The monoisotopic (exact) mass is 274 g/mol. The minimum atomic E-state index is -0.234. The second kappa shape index (κ2) is 5.64. The van der Waals surface area contributed by atoms with Crippen molar-refractivity contribution in [2.75, 3.05) is 17.7 Å². The van der Waals surface area contributed by atoms with Gasteiger partial charge in [-0.15, -0.1) is 0 Å². The molecule has 0 aliphatic carbocycles. The number of carbonyl (C=O) groups is 1. The smallest absolute Gasteiger partial charge is 0.256 e. The number of amides is 1. The number of aromatic nitrogens is 2. The average molecular weight is 274 g/mol. The molecule has 2 rings (SSSR count). The maximum Gasteiger partial charge on any atom is 0.256 e. The Kier molecular flexibility index (Phi) is 3.93. The maximum absolute atomic E-state index is 12.1. The molecule has 1 heterocycles. The van der Waals surface area contributed by atoms with E-state index >= 15 is 0 Å². The Labute approximate surface area is 117 Å². The van der Waals surface area contributed by atoms with Crippen LogP contribution in [0.15, 0.2) is 24.3 Å². The summed E-state index contributed by atoms with van der Waals surface area (Å²) >= 11 is 0. The van der Waals surface area contributed by atoms with E-state index in [-0.39, 0.29) is 5.91 Å². The van der Waals surface area contributed by atoms with Crippen LogP contribution in [0, 0.1) is 6.92 Å². The highest BCUT2D eigenvalue weighted by atomic mass is 16.5. The molecule has 0 saturated heterocycles. The molecule has 1 amide bonds. The number of anilines is 2. The van der Waals surface area contributed by atoms with Crippen LogP contribution in [0.2, 0.25) is 0 Å². The molecule has 6 heteroatoms. The normalized spacial score (nSPS) is 10.3. The molecule has 1 aromatic carbocycles. The molecule has 0 bridgehead atoms. The molecule has 0 aliphatic rings. The van der Waals surface area contributed by atoms with Crippen molar-refractivity contribution in [1.82, 2.24) is 9.78 Å². The van der Waals surface area contributed by atoms with Gasteiger partial charge in [0.05, 0.1) is 18.0 Å². The number of nitrogens with two attached hydrogens (primary N) is 1. The highest BCUT2D eigenvalue weighted by molar-refractivity contribution is 6.04. The summed E-state index contributed by atoms with van der Waals surface area (Å²) in [4.78, 5) is 12.1. The number of ether oxygens (including phenoxy) is 1. The van der Waals surface area contributed by atoms with E-state index in [9.17, 15) is 4.79 Å². The molecule has 6 nitrogen and oxygen atoms in total. The second-order valence-electron chi connectivity index (χ2n) is 4.43. The van der Waals surface area contributed by atoms with Crippen molar-refractivity contribution >= 4 is 17.4 Å². The van der Waals surface area contributed by atoms with Crippen LogP contribution in [0.4, 0.5) is 11.5 Å². The van der Waals surface area contributed by atoms with Crippen LogP contribution in [0.5, 0.6) is 5.75 Å². The van der Waals surface area contributed by atoms with E-state index in [4.69, 9.17) is 10.5 Å². The van der Waals surface area contributed by atoms with E-state index in [0.29, 0.717) is 29.4 Å². The van der Waals surface area contributed by atoms with Gasteiger partial charge in [0.2, 0.25) is 0 Å². The number of hydrogen-bond donors (Lipinski definition) is 2. The molecule has 106 valence electrons. The number of carbonyl (C=O) groups excluding carboxylic acids is 1. The number of nitrogens with one attached hydrogen (secondary N) is 1. The lowest BCUT2D eigenvalue weighted by Gasteiger charge is -2.09. The Balaban J connectivity index is 2.17. The summed E-state index contributed by atoms with van der Waals surface area (Å²) in [5, 5.41) is 6.96. The predicted molar refractivity (Wildman–Crippen MR) is 77.9 cm³/mol. The minimum Gasteiger partial charge on any atom is -0.492 e. The van der Waals surface area contributed by atoms with Gasteiger partial charge in [0, 0.05) is 18.7 Å². The first-order chi connectivity index (χ1) is 9.51. The van der Waals surface area contributed by atoms with Crippen LogP contribution in [-0.4, -0.2) is 22.3 Å². The molecule has 0 spiro atoms. The molecule has 0 atom stereocenters. The lowest BCUT2D eigenvalue weighted by Crippen LogP contribution is -2.15. The van der Waals surface area contributed by atoms with Crippen LogP contribution < -0.4 is 15.8 Å². The third kappa shape index (κ3) is 2.90. The molecule has 0 unspecified atom stereocenters. The molecule has 0 fully saturated rings. The first-order valence-corrected chi connectivity index (χ1v) is 6.35. The van der Waals surface area contributed by atoms with Crippen molar-refractivity contribution in [2.45, 2.75) is 13.8 Å². The Morgan fingerprint density at radius 1 is 1.45 bits per heavy atom. The summed E-state index contributed by atoms with van der Waals surface area (Å²) < 4.78 is 6.96. The molecule has 1 aromatic heterocycles. The Hall–Kier alpha value is -2.50. The minimum absolute atomic E-state index is 0.234. The van der Waals surface area contributed by atoms with Gasteiger partial charge >= 0.3 is 0 Å². The number of rotatable bonds is 4. The van der Waals surface area contributed by atoms with Crippen molar-refractivity contribution < 1.29 is 9.53 Å². The van der Waals surface area contributed by atoms with E-state index in [1.54, 1.807) is 36.0 Å². The zero-order valence-corrected chi connectivity index (χ0v) is 11.8.